The Balaban J connectivity index is 0.00000196. The summed E-state index contributed by atoms with van der Waals surface area (Å²) in [5, 5.41) is 6.51. The van der Waals surface area contributed by atoms with Gasteiger partial charge in [-0.2, -0.15) is 0 Å². The van der Waals surface area contributed by atoms with Crippen LogP contribution in [-0.4, -0.2) is 63.9 Å². The molecule has 0 spiro atoms. The molecule has 2 aliphatic rings. The lowest BCUT2D eigenvalue weighted by Gasteiger charge is -2.35. The quantitative estimate of drug-likeness (QED) is 0.688. The summed E-state index contributed by atoms with van der Waals surface area (Å²) in [7, 11) is 1.68. The minimum atomic E-state index is -0.404. The summed E-state index contributed by atoms with van der Waals surface area (Å²) < 4.78 is 10.8. The van der Waals surface area contributed by atoms with E-state index in [9.17, 15) is 4.79 Å². The van der Waals surface area contributed by atoms with Crippen LogP contribution < -0.4 is 10.6 Å². The van der Waals surface area contributed by atoms with Crippen LogP contribution in [0.25, 0.3) is 0 Å². The number of rotatable bonds is 7. The van der Waals surface area contributed by atoms with Crippen molar-refractivity contribution in [1.29, 1.82) is 0 Å². The van der Waals surface area contributed by atoms with Crippen molar-refractivity contribution in [2.75, 3.05) is 53.1 Å². The predicted octanol–water partition coefficient (Wildman–Crippen LogP) is 1.99. The molecule has 0 atom stereocenters. The molecule has 160 valence electrons. The van der Waals surface area contributed by atoms with Crippen LogP contribution in [0, 0.1) is 5.41 Å². The van der Waals surface area contributed by atoms with E-state index in [1.54, 1.807) is 7.11 Å². The van der Waals surface area contributed by atoms with Crippen LogP contribution in [0.1, 0.15) is 24.0 Å². The van der Waals surface area contributed by atoms with Gasteiger partial charge in [0.25, 0.3) is 0 Å². The Morgan fingerprint density at radius 2 is 1.82 bits per heavy atom. The van der Waals surface area contributed by atoms with E-state index in [1.807, 2.05) is 6.07 Å². The van der Waals surface area contributed by atoms with Crippen molar-refractivity contribution in [3.63, 3.8) is 0 Å². The maximum atomic E-state index is 12.9. The molecule has 1 aromatic carbocycles. The van der Waals surface area contributed by atoms with E-state index in [0.29, 0.717) is 13.2 Å². The molecular formula is C20H33Cl2N3O3. The first kappa shape index (κ1) is 25.1. The van der Waals surface area contributed by atoms with Gasteiger partial charge in [-0.1, -0.05) is 24.3 Å². The van der Waals surface area contributed by atoms with Gasteiger partial charge in [0.1, 0.15) is 0 Å². The monoisotopic (exact) mass is 433 g/mol. The molecule has 0 aliphatic carbocycles. The SMILES string of the molecule is COCC1(C(=O)NCc2ccccc2CN2CCOCC2)CCNCC1.Cl.Cl. The van der Waals surface area contributed by atoms with Gasteiger partial charge in [0.2, 0.25) is 5.91 Å². The Kier molecular flexibility index (Phi) is 11.3. The number of benzene rings is 1. The van der Waals surface area contributed by atoms with Gasteiger partial charge < -0.3 is 20.1 Å². The highest BCUT2D eigenvalue weighted by molar-refractivity contribution is 5.85. The summed E-state index contributed by atoms with van der Waals surface area (Å²) in [5.74, 6) is 0.113. The third kappa shape index (κ3) is 6.58. The first-order chi connectivity index (χ1) is 12.7. The smallest absolute Gasteiger partial charge is 0.228 e. The van der Waals surface area contributed by atoms with Crippen molar-refractivity contribution in [3.05, 3.63) is 35.4 Å². The lowest BCUT2D eigenvalue weighted by atomic mass is 9.78. The second-order valence-corrected chi connectivity index (χ2v) is 7.30. The molecule has 8 heteroatoms. The van der Waals surface area contributed by atoms with Crippen LogP contribution in [-0.2, 0) is 27.4 Å². The minimum absolute atomic E-state index is 0. The summed E-state index contributed by atoms with van der Waals surface area (Å²) in [4.78, 5) is 15.3. The van der Waals surface area contributed by atoms with Crippen LogP contribution >= 0.6 is 24.8 Å². The summed E-state index contributed by atoms with van der Waals surface area (Å²) in [6.45, 7) is 7.21. The fraction of sp³-hybridized carbons (Fsp3) is 0.650. The van der Waals surface area contributed by atoms with Gasteiger partial charge in [-0.15, -0.1) is 24.8 Å². The molecule has 2 N–H and O–H groups in total. The lowest BCUT2D eigenvalue weighted by Crippen LogP contribution is -2.50. The number of morpholine rings is 1. The van der Waals surface area contributed by atoms with Crippen LogP contribution in [0.3, 0.4) is 0 Å². The Morgan fingerprint density at radius 3 is 2.46 bits per heavy atom. The molecule has 0 saturated carbocycles. The largest absolute Gasteiger partial charge is 0.384 e. The highest BCUT2D eigenvalue weighted by atomic mass is 35.5. The van der Waals surface area contributed by atoms with Gasteiger partial charge in [-0.25, -0.2) is 0 Å². The van der Waals surface area contributed by atoms with Crippen LogP contribution in [0.5, 0.6) is 0 Å². The average molecular weight is 434 g/mol. The molecule has 28 heavy (non-hydrogen) atoms. The number of ether oxygens (including phenoxy) is 2. The minimum Gasteiger partial charge on any atom is -0.384 e. The van der Waals surface area contributed by atoms with E-state index in [4.69, 9.17) is 9.47 Å². The van der Waals surface area contributed by atoms with Crippen molar-refractivity contribution >= 4 is 30.7 Å². The van der Waals surface area contributed by atoms with Crippen LogP contribution in [0.4, 0.5) is 0 Å². The Morgan fingerprint density at radius 1 is 1.18 bits per heavy atom. The maximum absolute atomic E-state index is 12.9. The van der Waals surface area contributed by atoms with Gasteiger partial charge in [0.05, 0.1) is 25.2 Å². The second-order valence-electron chi connectivity index (χ2n) is 7.30. The number of piperidine rings is 1. The van der Waals surface area contributed by atoms with E-state index in [-0.39, 0.29) is 30.7 Å². The highest BCUT2D eigenvalue weighted by Crippen LogP contribution is 2.29. The lowest BCUT2D eigenvalue weighted by molar-refractivity contribution is -0.136. The molecule has 0 unspecified atom stereocenters. The average Bonchev–Trinajstić information content (AvgIpc) is 2.69. The Bertz CT molecular complexity index is 586. The topological polar surface area (TPSA) is 62.8 Å². The van der Waals surface area contributed by atoms with Crippen molar-refractivity contribution in [1.82, 2.24) is 15.5 Å². The fourth-order valence-corrected chi connectivity index (χ4v) is 3.87. The number of carbonyl (C=O) groups excluding carboxylic acids is 1. The van der Waals surface area contributed by atoms with Crippen LogP contribution in [0.2, 0.25) is 0 Å². The molecule has 0 bridgehead atoms. The first-order valence-electron chi connectivity index (χ1n) is 9.58. The highest BCUT2D eigenvalue weighted by Gasteiger charge is 2.39. The van der Waals surface area contributed by atoms with Gasteiger partial charge in [-0.05, 0) is 37.1 Å². The maximum Gasteiger partial charge on any atom is 0.228 e. The number of hydrogen-bond acceptors (Lipinski definition) is 5. The molecule has 2 saturated heterocycles. The number of methoxy groups -OCH3 is 1. The zero-order valence-corrected chi connectivity index (χ0v) is 18.2. The van der Waals surface area contributed by atoms with Gasteiger partial charge in [0.15, 0.2) is 0 Å². The summed E-state index contributed by atoms with van der Waals surface area (Å²) in [6.07, 6.45) is 1.64. The molecule has 1 amide bonds. The molecule has 2 heterocycles. The molecule has 0 radical (unpaired) electrons. The number of nitrogens with zero attached hydrogens (tertiary/aromatic N) is 1. The molecule has 3 rings (SSSR count). The van der Waals surface area contributed by atoms with Crippen molar-refractivity contribution < 1.29 is 14.3 Å². The van der Waals surface area contributed by atoms with E-state index in [2.05, 4.69) is 33.7 Å². The van der Waals surface area contributed by atoms with Crippen LogP contribution in [0.15, 0.2) is 24.3 Å². The third-order valence-corrected chi connectivity index (χ3v) is 5.52. The van der Waals surface area contributed by atoms with Crippen molar-refractivity contribution in [3.8, 4) is 0 Å². The molecule has 0 aromatic heterocycles. The fourth-order valence-electron chi connectivity index (χ4n) is 3.87. The molecule has 2 aliphatic heterocycles. The van der Waals surface area contributed by atoms with E-state index in [1.165, 1.54) is 11.1 Å². The zero-order valence-electron chi connectivity index (χ0n) is 16.6. The number of halogens is 2. The van der Waals surface area contributed by atoms with E-state index in [0.717, 1.165) is 58.8 Å². The zero-order chi connectivity index (χ0) is 18.2. The van der Waals surface area contributed by atoms with Gasteiger partial charge >= 0.3 is 0 Å². The summed E-state index contributed by atoms with van der Waals surface area (Å²) >= 11 is 0. The van der Waals surface area contributed by atoms with Crippen molar-refractivity contribution in [2.45, 2.75) is 25.9 Å². The molecule has 2 fully saturated rings. The summed E-state index contributed by atoms with van der Waals surface area (Å²) in [6, 6.07) is 8.38. The van der Waals surface area contributed by atoms with Gasteiger partial charge in [0, 0.05) is 33.3 Å². The Hall–Kier alpha value is -0.890. The standard InChI is InChI=1S/C20H31N3O3.2ClH/c1-25-16-20(6-8-21-9-7-20)19(24)22-14-17-4-2-3-5-18(17)15-23-10-12-26-13-11-23;;/h2-5,21H,6-16H2,1H3,(H,22,24);2*1H. The van der Waals surface area contributed by atoms with Gasteiger partial charge in [-0.3, -0.25) is 9.69 Å². The second kappa shape index (κ2) is 12.6. The number of nitrogens with one attached hydrogen (secondary N) is 2. The first-order valence-corrected chi connectivity index (χ1v) is 9.58. The predicted molar refractivity (Wildman–Crippen MR) is 115 cm³/mol. The summed E-state index contributed by atoms with van der Waals surface area (Å²) in [5.41, 5.74) is 2.06. The number of carbonyl (C=O) groups is 1. The molecule has 6 nitrogen and oxygen atoms in total. The van der Waals surface area contributed by atoms with E-state index < -0.39 is 5.41 Å². The third-order valence-electron chi connectivity index (χ3n) is 5.52. The normalized spacial score (nSPS) is 19.2. The number of hydrogen-bond donors (Lipinski definition) is 2. The Labute approximate surface area is 180 Å². The van der Waals surface area contributed by atoms with Crippen molar-refractivity contribution in [2.24, 2.45) is 5.41 Å². The molecule has 1 aromatic rings. The number of amides is 1. The van der Waals surface area contributed by atoms with E-state index >= 15 is 0 Å². The molecular weight excluding hydrogens is 401 g/mol.